The molecule has 0 bridgehead atoms. The molecule has 6 nitrogen and oxygen atoms in total. The van der Waals surface area contributed by atoms with Crippen molar-refractivity contribution in [1.29, 1.82) is 0 Å². The van der Waals surface area contributed by atoms with E-state index in [1.165, 1.54) is 0 Å². The van der Waals surface area contributed by atoms with E-state index in [4.69, 9.17) is 5.73 Å². The van der Waals surface area contributed by atoms with Gasteiger partial charge in [-0.05, 0) is 31.5 Å². The van der Waals surface area contributed by atoms with Crippen LogP contribution in [0.15, 0.2) is 22.7 Å². The molecule has 2 aromatic rings. The third-order valence-electron chi connectivity index (χ3n) is 3.56. The van der Waals surface area contributed by atoms with Crippen LogP contribution in [0.4, 0.5) is 5.69 Å². The summed E-state index contributed by atoms with van der Waals surface area (Å²) in [5, 5.41) is 11.3. The molecule has 1 aromatic carbocycles. The minimum absolute atomic E-state index is 0.175. The first-order chi connectivity index (χ1) is 10.0. The fourth-order valence-corrected chi connectivity index (χ4v) is 3.09. The number of amides is 1. The maximum atomic E-state index is 12.3. The molecule has 1 amide bonds. The molecule has 0 radical (unpaired) electrons. The molecule has 21 heavy (non-hydrogen) atoms. The van der Waals surface area contributed by atoms with E-state index in [1.54, 1.807) is 18.2 Å². The van der Waals surface area contributed by atoms with Crippen LogP contribution in [-0.2, 0) is 13.0 Å². The molecule has 0 saturated carbocycles. The lowest BCUT2D eigenvalue weighted by Gasteiger charge is -2.14. The molecule has 2 heterocycles. The lowest BCUT2D eigenvalue weighted by atomic mass is 10.1. The Morgan fingerprint density at radius 1 is 1.43 bits per heavy atom. The number of benzene rings is 1. The Morgan fingerprint density at radius 2 is 2.24 bits per heavy atom. The summed E-state index contributed by atoms with van der Waals surface area (Å²) < 4.78 is 2.86. The number of aromatic nitrogens is 3. The predicted molar refractivity (Wildman–Crippen MR) is 82.8 cm³/mol. The van der Waals surface area contributed by atoms with Crippen LogP contribution in [0.1, 0.15) is 41.4 Å². The van der Waals surface area contributed by atoms with E-state index < -0.39 is 0 Å². The van der Waals surface area contributed by atoms with Crippen LogP contribution in [0.3, 0.4) is 0 Å². The SMILES string of the molecule is CC(NC(=O)c1cc(N)cc(Br)c1)c1nnc2n1CCC2. The van der Waals surface area contributed by atoms with E-state index >= 15 is 0 Å². The molecule has 0 spiro atoms. The number of anilines is 1. The molecule has 0 aliphatic carbocycles. The number of nitrogens with two attached hydrogens (primary N) is 1. The third-order valence-corrected chi connectivity index (χ3v) is 4.01. The maximum Gasteiger partial charge on any atom is 0.251 e. The molecule has 1 aliphatic heterocycles. The third kappa shape index (κ3) is 2.78. The summed E-state index contributed by atoms with van der Waals surface area (Å²) in [6.07, 6.45) is 2.04. The van der Waals surface area contributed by atoms with Gasteiger partial charge in [0.15, 0.2) is 5.82 Å². The highest BCUT2D eigenvalue weighted by Gasteiger charge is 2.22. The topological polar surface area (TPSA) is 85.8 Å². The summed E-state index contributed by atoms with van der Waals surface area (Å²) in [4.78, 5) is 12.3. The highest BCUT2D eigenvalue weighted by molar-refractivity contribution is 9.10. The van der Waals surface area contributed by atoms with Gasteiger partial charge >= 0.3 is 0 Å². The quantitative estimate of drug-likeness (QED) is 0.830. The Bertz CT molecular complexity index is 676. The number of hydrogen-bond donors (Lipinski definition) is 2. The molecule has 1 unspecified atom stereocenters. The zero-order chi connectivity index (χ0) is 15.0. The van der Waals surface area contributed by atoms with Gasteiger partial charge in [0.05, 0.1) is 6.04 Å². The second-order valence-corrected chi connectivity index (χ2v) is 6.11. The van der Waals surface area contributed by atoms with Crippen molar-refractivity contribution < 1.29 is 4.79 Å². The second kappa shape index (κ2) is 5.48. The van der Waals surface area contributed by atoms with Crippen LogP contribution >= 0.6 is 15.9 Å². The van der Waals surface area contributed by atoms with Crippen molar-refractivity contribution in [3.63, 3.8) is 0 Å². The number of rotatable bonds is 3. The minimum atomic E-state index is -0.197. The number of fused-ring (bicyclic) bond motifs is 1. The van der Waals surface area contributed by atoms with Crippen LogP contribution in [0.2, 0.25) is 0 Å². The molecule has 0 fully saturated rings. The molecular formula is C14H16BrN5O. The molecule has 110 valence electrons. The van der Waals surface area contributed by atoms with Gasteiger partial charge in [-0.25, -0.2) is 0 Å². The normalized spacial score (nSPS) is 14.8. The van der Waals surface area contributed by atoms with Gasteiger partial charge in [0.1, 0.15) is 5.82 Å². The number of nitrogen functional groups attached to an aromatic ring is 1. The summed E-state index contributed by atoms with van der Waals surface area (Å²) in [5.41, 5.74) is 6.83. The summed E-state index contributed by atoms with van der Waals surface area (Å²) in [5.74, 6) is 1.63. The average molecular weight is 350 g/mol. The van der Waals surface area contributed by atoms with E-state index in [0.29, 0.717) is 11.3 Å². The number of carbonyl (C=O) groups is 1. The van der Waals surface area contributed by atoms with Crippen LogP contribution in [0, 0.1) is 0 Å². The van der Waals surface area contributed by atoms with Gasteiger partial charge in [-0.1, -0.05) is 15.9 Å². The summed E-state index contributed by atoms with van der Waals surface area (Å²) in [6, 6.07) is 4.95. The standard InChI is InChI=1S/C14H16BrN5O/c1-8(13-19-18-12-3-2-4-20(12)13)17-14(21)9-5-10(15)7-11(16)6-9/h5-8H,2-4,16H2,1H3,(H,17,21). The van der Waals surface area contributed by atoms with Crippen LogP contribution in [-0.4, -0.2) is 20.7 Å². The van der Waals surface area contributed by atoms with Crippen molar-refractivity contribution in [2.24, 2.45) is 0 Å². The van der Waals surface area contributed by atoms with E-state index in [0.717, 1.165) is 35.5 Å². The van der Waals surface area contributed by atoms with Crippen molar-refractivity contribution in [2.75, 3.05) is 5.73 Å². The second-order valence-electron chi connectivity index (χ2n) is 5.20. The lowest BCUT2D eigenvalue weighted by Crippen LogP contribution is -2.28. The molecule has 1 atom stereocenters. The van der Waals surface area contributed by atoms with Crippen LogP contribution in [0.25, 0.3) is 0 Å². The van der Waals surface area contributed by atoms with Gasteiger partial charge in [-0.2, -0.15) is 0 Å². The van der Waals surface area contributed by atoms with Crippen molar-refractivity contribution in [1.82, 2.24) is 20.1 Å². The lowest BCUT2D eigenvalue weighted by molar-refractivity contribution is 0.0937. The molecule has 3 rings (SSSR count). The van der Waals surface area contributed by atoms with E-state index in [1.807, 2.05) is 6.92 Å². The zero-order valence-electron chi connectivity index (χ0n) is 11.6. The molecule has 3 N–H and O–H groups in total. The average Bonchev–Trinajstić information content (AvgIpc) is 2.99. The minimum Gasteiger partial charge on any atom is -0.399 e. The molecule has 7 heteroatoms. The van der Waals surface area contributed by atoms with Gasteiger partial charge in [0, 0.05) is 28.7 Å². The molecule has 1 aliphatic rings. The number of hydrogen-bond acceptors (Lipinski definition) is 4. The fraction of sp³-hybridized carbons (Fsp3) is 0.357. The number of carbonyl (C=O) groups excluding carboxylic acids is 1. The summed E-state index contributed by atoms with van der Waals surface area (Å²) >= 11 is 3.34. The predicted octanol–water partition coefficient (Wildman–Crippen LogP) is 2.06. The van der Waals surface area contributed by atoms with Gasteiger partial charge < -0.3 is 15.6 Å². The van der Waals surface area contributed by atoms with E-state index in [9.17, 15) is 4.79 Å². The maximum absolute atomic E-state index is 12.3. The monoisotopic (exact) mass is 349 g/mol. The van der Waals surface area contributed by atoms with Crippen molar-refractivity contribution in [3.8, 4) is 0 Å². The first-order valence-corrected chi connectivity index (χ1v) is 7.63. The van der Waals surface area contributed by atoms with E-state index in [-0.39, 0.29) is 11.9 Å². The van der Waals surface area contributed by atoms with Gasteiger partial charge in [0.2, 0.25) is 0 Å². The first-order valence-electron chi connectivity index (χ1n) is 6.83. The number of nitrogens with one attached hydrogen (secondary N) is 1. The van der Waals surface area contributed by atoms with Crippen LogP contribution < -0.4 is 11.1 Å². The van der Waals surface area contributed by atoms with Crippen molar-refractivity contribution in [2.45, 2.75) is 32.4 Å². The first kappa shape index (κ1) is 14.1. The summed E-state index contributed by atoms with van der Waals surface area (Å²) in [7, 11) is 0. The zero-order valence-corrected chi connectivity index (χ0v) is 13.2. The number of halogens is 1. The van der Waals surface area contributed by atoms with Gasteiger partial charge in [0.25, 0.3) is 5.91 Å². The van der Waals surface area contributed by atoms with Crippen LogP contribution in [0.5, 0.6) is 0 Å². The Kier molecular flexibility index (Phi) is 3.67. The van der Waals surface area contributed by atoms with Crippen molar-refractivity contribution >= 4 is 27.5 Å². The Hall–Kier alpha value is -1.89. The smallest absolute Gasteiger partial charge is 0.251 e. The Labute approximate surface area is 130 Å². The fourth-order valence-electron chi connectivity index (χ4n) is 2.58. The molecule has 0 saturated heterocycles. The Balaban J connectivity index is 1.77. The van der Waals surface area contributed by atoms with Gasteiger partial charge in [-0.3, -0.25) is 4.79 Å². The number of nitrogens with zero attached hydrogens (tertiary/aromatic N) is 3. The molecular weight excluding hydrogens is 334 g/mol. The molecule has 1 aromatic heterocycles. The Morgan fingerprint density at radius 3 is 3.00 bits per heavy atom. The highest BCUT2D eigenvalue weighted by Crippen LogP contribution is 2.21. The van der Waals surface area contributed by atoms with Crippen molar-refractivity contribution in [3.05, 3.63) is 39.9 Å². The highest BCUT2D eigenvalue weighted by atomic mass is 79.9. The summed E-state index contributed by atoms with van der Waals surface area (Å²) in [6.45, 7) is 2.83. The largest absolute Gasteiger partial charge is 0.399 e. The van der Waals surface area contributed by atoms with Gasteiger partial charge in [-0.15, -0.1) is 10.2 Å². The van der Waals surface area contributed by atoms with E-state index in [2.05, 4.69) is 36.0 Å². The number of aryl methyl sites for hydroxylation is 1.